The number of hydrogen-bond donors (Lipinski definition) is 1. The molecule has 0 saturated heterocycles. The molecule has 0 amide bonds. The van der Waals surface area contributed by atoms with E-state index in [9.17, 15) is 4.57 Å². The third-order valence-corrected chi connectivity index (χ3v) is 5.40. The van der Waals surface area contributed by atoms with Crippen molar-refractivity contribution in [3.8, 4) is 0 Å². The minimum absolute atomic E-state index is 0.0690. The number of rotatable bonds is 10. The fourth-order valence-corrected chi connectivity index (χ4v) is 3.70. The van der Waals surface area contributed by atoms with Crippen LogP contribution >= 0.6 is 7.60 Å². The zero-order chi connectivity index (χ0) is 15.7. The van der Waals surface area contributed by atoms with Gasteiger partial charge < -0.3 is 13.8 Å². The van der Waals surface area contributed by atoms with Crippen molar-refractivity contribution in [3.63, 3.8) is 0 Å². The second kappa shape index (κ2) is 9.34. The molecule has 0 aliphatic heterocycles. The molecule has 0 aromatic heterocycles. The van der Waals surface area contributed by atoms with E-state index in [1.54, 1.807) is 7.11 Å². The Labute approximate surface area is 127 Å². The highest BCUT2D eigenvalue weighted by atomic mass is 31.2. The predicted molar refractivity (Wildman–Crippen MR) is 84.5 cm³/mol. The molecule has 6 heteroatoms. The van der Waals surface area contributed by atoms with Crippen LogP contribution in [0.2, 0.25) is 0 Å². The van der Waals surface area contributed by atoms with Crippen molar-refractivity contribution in [2.45, 2.75) is 32.6 Å². The molecular formula is C15H26NO4P. The molecule has 1 rings (SSSR count). The Morgan fingerprint density at radius 1 is 1.14 bits per heavy atom. The van der Waals surface area contributed by atoms with Gasteiger partial charge in [0, 0.05) is 7.11 Å². The van der Waals surface area contributed by atoms with Crippen LogP contribution in [0.5, 0.6) is 0 Å². The van der Waals surface area contributed by atoms with Crippen molar-refractivity contribution < 1.29 is 18.3 Å². The van der Waals surface area contributed by atoms with Crippen LogP contribution in [0.1, 0.15) is 32.4 Å². The topological polar surface area (TPSA) is 56.8 Å². The van der Waals surface area contributed by atoms with Crippen molar-refractivity contribution in [3.05, 3.63) is 35.9 Å². The van der Waals surface area contributed by atoms with Crippen LogP contribution in [0, 0.1) is 0 Å². The Bertz CT molecular complexity index is 431. The standard InChI is InChI=1S/C15H26NO4P/c1-5-19-21(17,20-6-2)13(3)16-15(12-18-4)14-10-8-7-9-11-14/h7-11,13,15-16H,5-6,12H2,1-4H3/t13-,15+/m1/s1. The minimum Gasteiger partial charge on any atom is -0.383 e. The summed E-state index contributed by atoms with van der Waals surface area (Å²) in [5, 5.41) is 3.31. The summed E-state index contributed by atoms with van der Waals surface area (Å²) in [5.41, 5.74) is 1.07. The highest BCUT2D eigenvalue weighted by Crippen LogP contribution is 2.52. The maximum Gasteiger partial charge on any atom is 0.347 e. The van der Waals surface area contributed by atoms with Crippen LogP contribution < -0.4 is 5.32 Å². The van der Waals surface area contributed by atoms with Crippen molar-refractivity contribution >= 4 is 7.60 Å². The van der Waals surface area contributed by atoms with Gasteiger partial charge in [-0.1, -0.05) is 30.3 Å². The molecule has 1 N–H and O–H groups in total. The van der Waals surface area contributed by atoms with Gasteiger partial charge in [0.1, 0.15) is 5.78 Å². The van der Waals surface area contributed by atoms with Crippen molar-refractivity contribution in [1.29, 1.82) is 0 Å². The van der Waals surface area contributed by atoms with Gasteiger partial charge in [0.2, 0.25) is 0 Å². The molecular weight excluding hydrogens is 289 g/mol. The van der Waals surface area contributed by atoms with Gasteiger partial charge in [0.25, 0.3) is 0 Å². The lowest BCUT2D eigenvalue weighted by molar-refractivity contribution is 0.159. The van der Waals surface area contributed by atoms with E-state index in [1.165, 1.54) is 0 Å². The molecule has 1 aromatic carbocycles. The van der Waals surface area contributed by atoms with Gasteiger partial charge in [-0.2, -0.15) is 0 Å². The van der Waals surface area contributed by atoms with Gasteiger partial charge in [-0.05, 0) is 26.3 Å². The fourth-order valence-electron chi connectivity index (χ4n) is 2.10. The molecule has 0 heterocycles. The lowest BCUT2D eigenvalue weighted by Gasteiger charge is -2.28. The maximum absolute atomic E-state index is 12.7. The number of ether oxygens (including phenoxy) is 1. The smallest absolute Gasteiger partial charge is 0.347 e. The van der Waals surface area contributed by atoms with Crippen LogP contribution in [0.25, 0.3) is 0 Å². The molecule has 0 saturated carbocycles. The van der Waals surface area contributed by atoms with Gasteiger partial charge in [-0.25, -0.2) is 0 Å². The highest BCUT2D eigenvalue weighted by molar-refractivity contribution is 7.54. The van der Waals surface area contributed by atoms with Gasteiger partial charge >= 0.3 is 7.60 Å². The van der Waals surface area contributed by atoms with E-state index in [2.05, 4.69) is 5.32 Å². The Morgan fingerprint density at radius 3 is 2.19 bits per heavy atom. The zero-order valence-electron chi connectivity index (χ0n) is 13.2. The zero-order valence-corrected chi connectivity index (χ0v) is 14.1. The molecule has 2 atom stereocenters. The lowest BCUT2D eigenvalue weighted by Crippen LogP contribution is -2.34. The summed E-state index contributed by atoms with van der Waals surface area (Å²) in [6.07, 6.45) is 0. The molecule has 0 aliphatic carbocycles. The molecule has 21 heavy (non-hydrogen) atoms. The minimum atomic E-state index is -3.18. The Kier molecular flexibility index (Phi) is 8.15. The van der Waals surface area contributed by atoms with E-state index >= 15 is 0 Å². The van der Waals surface area contributed by atoms with Crippen molar-refractivity contribution in [1.82, 2.24) is 5.32 Å². The van der Waals surface area contributed by atoms with E-state index in [0.717, 1.165) is 5.56 Å². The molecule has 1 aromatic rings. The largest absolute Gasteiger partial charge is 0.383 e. The van der Waals surface area contributed by atoms with Crippen molar-refractivity contribution in [2.24, 2.45) is 0 Å². The maximum atomic E-state index is 12.7. The van der Waals surface area contributed by atoms with Crippen LogP contribution in [-0.2, 0) is 18.3 Å². The molecule has 0 aliphatic rings. The summed E-state index contributed by atoms with van der Waals surface area (Å²) in [5.74, 6) is -0.419. The molecule has 0 radical (unpaired) electrons. The average molecular weight is 315 g/mol. The Balaban J connectivity index is 2.84. The summed E-state index contributed by atoms with van der Waals surface area (Å²) >= 11 is 0. The summed E-state index contributed by atoms with van der Waals surface area (Å²) in [6.45, 7) is 6.61. The summed E-state index contributed by atoms with van der Waals surface area (Å²) in [6, 6.07) is 9.85. The molecule has 0 spiro atoms. The number of hydrogen-bond acceptors (Lipinski definition) is 5. The van der Waals surface area contributed by atoms with Crippen LogP contribution in [0.15, 0.2) is 30.3 Å². The molecule has 0 fully saturated rings. The normalized spacial score (nSPS) is 14.9. The summed E-state index contributed by atoms with van der Waals surface area (Å²) in [7, 11) is -1.53. The first kappa shape index (κ1) is 18.3. The van der Waals surface area contributed by atoms with Crippen LogP contribution in [-0.4, -0.2) is 32.7 Å². The van der Waals surface area contributed by atoms with Crippen LogP contribution in [0.3, 0.4) is 0 Å². The molecule has 0 unspecified atom stereocenters. The van der Waals surface area contributed by atoms with Gasteiger partial charge in [0.05, 0.1) is 25.9 Å². The Hall–Kier alpha value is -0.710. The van der Waals surface area contributed by atoms with Gasteiger partial charge in [0.15, 0.2) is 0 Å². The second-order valence-corrected chi connectivity index (χ2v) is 7.01. The van der Waals surface area contributed by atoms with Crippen molar-refractivity contribution in [2.75, 3.05) is 26.9 Å². The first-order valence-corrected chi connectivity index (χ1v) is 8.87. The summed E-state index contributed by atoms with van der Waals surface area (Å²) in [4.78, 5) is 0. The molecule has 120 valence electrons. The van der Waals surface area contributed by atoms with Gasteiger partial charge in [-0.15, -0.1) is 0 Å². The number of methoxy groups -OCH3 is 1. The third-order valence-electron chi connectivity index (χ3n) is 3.07. The fraction of sp³-hybridized carbons (Fsp3) is 0.600. The SMILES string of the molecule is CCOP(=O)(OCC)[C@H](C)N[C@@H](COC)c1ccccc1. The van der Waals surface area contributed by atoms with Gasteiger partial charge in [-0.3, -0.25) is 9.88 Å². The third kappa shape index (κ3) is 5.53. The van der Waals surface area contributed by atoms with E-state index in [4.69, 9.17) is 13.8 Å². The van der Waals surface area contributed by atoms with Crippen LogP contribution in [0.4, 0.5) is 0 Å². The number of benzene rings is 1. The molecule has 0 bridgehead atoms. The second-order valence-electron chi connectivity index (χ2n) is 4.64. The van der Waals surface area contributed by atoms with E-state index in [1.807, 2.05) is 51.1 Å². The lowest BCUT2D eigenvalue weighted by atomic mass is 10.1. The highest BCUT2D eigenvalue weighted by Gasteiger charge is 2.33. The monoisotopic (exact) mass is 315 g/mol. The molecule has 5 nitrogen and oxygen atoms in total. The van der Waals surface area contributed by atoms with E-state index < -0.39 is 13.4 Å². The van der Waals surface area contributed by atoms with E-state index in [0.29, 0.717) is 19.8 Å². The average Bonchev–Trinajstić information content (AvgIpc) is 2.48. The first-order chi connectivity index (χ1) is 10.1. The van der Waals surface area contributed by atoms with E-state index in [-0.39, 0.29) is 6.04 Å². The summed E-state index contributed by atoms with van der Waals surface area (Å²) < 4.78 is 28.7. The first-order valence-electron chi connectivity index (χ1n) is 7.26. The predicted octanol–water partition coefficient (Wildman–Crippen LogP) is 3.58. The quantitative estimate of drug-likeness (QED) is 0.669. The number of nitrogens with one attached hydrogen (secondary N) is 1. The Morgan fingerprint density at radius 2 is 1.71 bits per heavy atom.